The Morgan fingerprint density at radius 2 is 1.71 bits per heavy atom. The summed E-state index contributed by atoms with van der Waals surface area (Å²) in [7, 11) is 0. The van der Waals surface area contributed by atoms with Crippen molar-refractivity contribution >= 4 is 27.5 Å². The fraction of sp³-hybridized carbons (Fsp3) is 0.231. The van der Waals surface area contributed by atoms with E-state index in [9.17, 15) is 9.59 Å². The van der Waals surface area contributed by atoms with Gasteiger partial charge in [-0.3, -0.25) is 9.59 Å². The minimum absolute atomic E-state index is 0.125. The number of fused-ring (bicyclic) bond motifs is 1. The van der Waals surface area contributed by atoms with Crippen molar-refractivity contribution in [3.63, 3.8) is 0 Å². The molecular formula is C13H12BrNO2. The van der Waals surface area contributed by atoms with Gasteiger partial charge in [-0.15, -0.1) is 0 Å². The third kappa shape index (κ3) is 2.05. The first-order valence-electron chi connectivity index (χ1n) is 5.49. The van der Waals surface area contributed by atoms with Crippen LogP contribution in [0.4, 0.5) is 0 Å². The van der Waals surface area contributed by atoms with Crippen LogP contribution in [0.25, 0.3) is 0 Å². The number of ketones is 2. The number of nitrogens with one attached hydrogen (secondary N) is 1. The molecule has 3 nitrogen and oxygen atoms in total. The molecule has 0 fully saturated rings. The van der Waals surface area contributed by atoms with Crippen molar-refractivity contribution in [3.05, 3.63) is 45.6 Å². The lowest BCUT2D eigenvalue weighted by molar-refractivity contribution is 0.0976. The van der Waals surface area contributed by atoms with E-state index >= 15 is 0 Å². The lowest BCUT2D eigenvalue weighted by Gasteiger charge is -2.18. The summed E-state index contributed by atoms with van der Waals surface area (Å²) in [5.74, 6) is -0.265. The molecule has 2 rings (SSSR count). The summed E-state index contributed by atoms with van der Waals surface area (Å²) >= 11 is 3.21. The maximum Gasteiger partial charge on any atom is 0.210 e. The molecule has 0 aliphatic heterocycles. The van der Waals surface area contributed by atoms with Crippen LogP contribution in [0.15, 0.2) is 34.4 Å². The summed E-state index contributed by atoms with van der Waals surface area (Å²) in [6.45, 7) is 2.68. The van der Waals surface area contributed by atoms with Crippen LogP contribution in [0.1, 0.15) is 34.1 Å². The van der Waals surface area contributed by atoms with Crippen molar-refractivity contribution in [3.8, 4) is 0 Å². The standard InChI is InChI=1S/C13H12BrNO2/c1-2-7-15-11-10(14)12(16)8-5-3-4-6-9(8)13(11)17/h3-6,15H,2,7H2,1H3. The van der Waals surface area contributed by atoms with Gasteiger partial charge >= 0.3 is 0 Å². The second-order valence-corrected chi connectivity index (χ2v) is 4.61. The molecule has 0 saturated heterocycles. The Hall–Kier alpha value is -1.42. The van der Waals surface area contributed by atoms with E-state index in [1.54, 1.807) is 24.3 Å². The van der Waals surface area contributed by atoms with Gasteiger partial charge in [0.2, 0.25) is 11.6 Å². The zero-order valence-corrected chi connectivity index (χ0v) is 11.0. The van der Waals surface area contributed by atoms with E-state index in [1.807, 2.05) is 6.92 Å². The number of halogens is 1. The van der Waals surface area contributed by atoms with Crippen LogP contribution in [0.2, 0.25) is 0 Å². The molecule has 17 heavy (non-hydrogen) atoms. The summed E-state index contributed by atoms with van der Waals surface area (Å²) in [6, 6.07) is 6.88. The van der Waals surface area contributed by atoms with Crippen molar-refractivity contribution in [2.24, 2.45) is 0 Å². The first-order chi connectivity index (χ1) is 8.16. The summed E-state index contributed by atoms with van der Waals surface area (Å²) < 4.78 is 0.328. The average molecular weight is 294 g/mol. The Bertz CT molecular complexity index is 520. The molecule has 0 bridgehead atoms. The first kappa shape index (κ1) is 12.0. The lowest BCUT2D eigenvalue weighted by atomic mass is 9.92. The number of allylic oxidation sites excluding steroid dienone is 2. The van der Waals surface area contributed by atoms with Crippen LogP contribution in [-0.4, -0.2) is 18.1 Å². The van der Waals surface area contributed by atoms with E-state index in [1.165, 1.54) is 0 Å². The molecule has 0 aromatic heterocycles. The molecule has 1 aromatic carbocycles. The van der Waals surface area contributed by atoms with Gasteiger partial charge in [0.1, 0.15) is 5.70 Å². The fourth-order valence-corrected chi connectivity index (χ4v) is 2.29. The molecule has 1 aliphatic carbocycles. The van der Waals surface area contributed by atoms with E-state index < -0.39 is 0 Å². The van der Waals surface area contributed by atoms with E-state index in [4.69, 9.17) is 0 Å². The Balaban J connectivity index is 2.47. The monoisotopic (exact) mass is 293 g/mol. The summed E-state index contributed by atoms with van der Waals surface area (Å²) in [5, 5.41) is 3.00. The second kappa shape index (κ2) is 4.84. The normalized spacial score (nSPS) is 14.9. The summed E-state index contributed by atoms with van der Waals surface area (Å²) in [5.41, 5.74) is 1.31. The zero-order valence-electron chi connectivity index (χ0n) is 9.42. The number of hydrogen-bond donors (Lipinski definition) is 1. The molecule has 0 amide bonds. The number of rotatable bonds is 3. The van der Waals surface area contributed by atoms with Crippen molar-refractivity contribution in [2.45, 2.75) is 13.3 Å². The highest BCUT2D eigenvalue weighted by atomic mass is 79.9. The Kier molecular flexibility index (Phi) is 3.43. The number of benzene rings is 1. The van der Waals surface area contributed by atoms with E-state index in [0.29, 0.717) is 27.9 Å². The molecule has 4 heteroatoms. The molecule has 0 unspecified atom stereocenters. The van der Waals surface area contributed by atoms with Gasteiger partial charge in [-0.05, 0) is 22.4 Å². The minimum Gasteiger partial charge on any atom is -0.381 e. The molecule has 0 atom stereocenters. The third-order valence-corrected chi connectivity index (χ3v) is 3.37. The molecule has 0 spiro atoms. The van der Waals surface area contributed by atoms with Crippen molar-refractivity contribution in [2.75, 3.05) is 6.54 Å². The fourth-order valence-electron chi connectivity index (χ4n) is 1.75. The second-order valence-electron chi connectivity index (χ2n) is 3.82. The SMILES string of the molecule is CCCNC1=C(Br)C(=O)c2ccccc2C1=O. The van der Waals surface area contributed by atoms with Gasteiger partial charge in [0.25, 0.3) is 0 Å². The van der Waals surface area contributed by atoms with Crippen LogP contribution in [-0.2, 0) is 0 Å². The molecule has 0 heterocycles. The molecule has 1 aromatic rings. The number of Topliss-reactive ketones (excluding diaryl/α,β-unsaturated/α-hetero) is 2. The van der Waals surface area contributed by atoms with Crippen LogP contribution in [0.5, 0.6) is 0 Å². The average Bonchev–Trinajstić information content (AvgIpc) is 2.36. The predicted molar refractivity (Wildman–Crippen MR) is 69.3 cm³/mol. The quantitative estimate of drug-likeness (QED) is 0.932. The Labute approximate surface area is 108 Å². The van der Waals surface area contributed by atoms with E-state index in [0.717, 1.165) is 6.42 Å². The molecule has 1 aliphatic rings. The van der Waals surface area contributed by atoms with Crippen molar-refractivity contribution in [1.82, 2.24) is 5.32 Å². The highest BCUT2D eigenvalue weighted by Crippen LogP contribution is 2.28. The predicted octanol–water partition coefficient (Wildman–Crippen LogP) is 2.67. The van der Waals surface area contributed by atoms with Crippen LogP contribution in [0, 0.1) is 0 Å². The van der Waals surface area contributed by atoms with Gasteiger partial charge in [-0.1, -0.05) is 31.2 Å². The molecule has 1 N–H and O–H groups in total. The number of carbonyl (C=O) groups excluding carboxylic acids is 2. The minimum atomic E-state index is -0.140. The van der Waals surface area contributed by atoms with Gasteiger partial charge in [0.15, 0.2) is 0 Å². The topological polar surface area (TPSA) is 46.2 Å². The maximum absolute atomic E-state index is 12.2. The number of carbonyl (C=O) groups is 2. The molecule has 0 saturated carbocycles. The Morgan fingerprint density at radius 3 is 2.29 bits per heavy atom. The van der Waals surface area contributed by atoms with Crippen LogP contribution >= 0.6 is 15.9 Å². The zero-order chi connectivity index (χ0) is 12.4. The van der Waals surface area contributed by atoms with Gasteiger partial charge in [-0.2, -0.15) is 0 Å². The van der Waals surface area contributed by atoms with Crippen LogP contribution < -0.4 is 5.32 Å². The van der Waals surface area contributed by atoms with E-state index in [2.05, 4.69) is 21.2 Å². The highest BCUT2D eigenvalue weighted by molar-refractivity contribution is 9.12. The highest BCUT2D eigenvalue weighted by Gasteiger charge is 2.30. The first-order valence-corrected chi connectivity index (χ1v) is 6.28. The van der Waals surface area contributed by atoms with Crippen LogP contribution in [0.3, 0.4) is 0 Å². The van der Waals surface area contributed by atoms with Gasteiger partial charge in [-0.25, -0.2) is 0 Å². The maximum atomic E-state index is 12.2. The third-order valence-electron chi connectivity index (χ3n) is 2.61. The van der Waals surface area contributed by atoms with Crippen molar-refractivity contribution < 1.29 is 9.59 Å². The lowest BCUT2D eigenvalue weighted by Crippen LogP contribution is -2.29. The Morgan fingerprint density at radius 1 is 1.12 bits per heavy atom. The van der Waals surface area contributed by atoms with Gasteiger partial charge in [0, 0.05) is 17.7 Å². The largest absolute Gasteiger partial charge is 0.381 e. The number of hydrogen-bond acceptors (Lipinski definition) is 3. The smallest absolute Gasteiger partial charge is 0.210 e. The van der Waals surface area contributed by atoms with Gasteiger partial charge < -0.3 is 5.32 Å². The molecular weight excluding hydrogens is 282 g/mol. The summed E-state index contributed by atoms with van der Waals surface area (Å²) in [6.07, 6.45) is 0.896. The van der Waals surface area contributed by atoms with E-state index in [-0.39, 0.29) is 11.6 Å². The van der Waals surface area contributed by atoms with Crippen molar-refractivity contribution in [1.29, 1.82) is 0 Å². The molecule has 88 valence electrons. The molecule has 0 radical (unpaired) electrons. The summed E-state index contributed by atoms with van der Waals surface area (Å²) in [4.78, 5) is 24.2. The van der Waals surface area contributed by atoms with Gasteiger partial charge in [0.05, 0.1) is 4.48 Å².